The molecule has 0 spiro atoms. The number of morpholine rings is 1. The third-order valence-corrected chi connectivity index (χ3v) is 8.25. The third kappa shape index (κ3) is 7.56. The van der Waals surface area contributed by atoms with E-state index >= 15 is 0 Å². The molecule has 3 aliphatic heterocycles. The summed E-state index contributed by atoms with van der Waals surface area (Å²) in [6, 6.07) is 13.0. The molecule has 9 heteroatoms. The highest BCUT2D eigenvalue weighted by Gasteiger charge is 2.33. The molecule has 3 aliphatic rings. The van der Waals surface area contributed by atoms with Crippen molar-refractivity contribution in [2.24, 2.45) is 5.92 Å². The van der Waals surface area contributed by atoms with Crippen molar-refractivity contribution in [2.45, 2.75) is 57.2 Å². The van der Waals surface area contributed by atoms with E-state index < -0.39 is 18.1 Å². The van der Waals surface area contributed by atoms with Gasteiger partial charge in [0.15, 0.2) is 0 Å². The number of carbonyl (C=O) groups excluding carboxylic acids is 1. The van der Waals surface area contributed by atoms with Gasteiger partial charge in [0.1, 0.15) is 17.9 Å². The van der Waals surface area contributed by atoms with Gasteiger partial charge in [-0.15, -0.1) is 0 Å². The molecule has 39 heavy (non-hydrogen) atoms. The predicted octanol–water partition coefficient (Wildman–Crippen LogP) is 2.55. The number of aliphatic carboxylic acids is 1. The Balaban J connectivity index is 1.07. The van der Waals surface area contributed by atoms with Gasteiger partial charge in [0.25, 0.3) is 0 Å². The fourth-order valence-electron chi connectivity index (χ4n) is 5.94. The Morgan fingerprint density at radius 1 is 1.18 bits per heavy atom. The van der Waals surface area contributed by atoms with Gasteiger partial charge in [0, 0.05) is 38.4 Å². The number of amides is 1. The SMILES string of the molecule is O=C(O)C(CCN1CC[C@@H](CCc2ccc3c(n2)NCCC3)C1)NC(=O)[C@@H]1COCCN1Cc1ccccc1. The summed E-state index contributed by atoms with van der Waals surface area (Å²) in [5, 5.41) is 16.1. The van der Waals surface area contributed by atoms with Gasteiger partial charge in [0.05, 0.1) is 13.2 Å². The van der Waals surface area contributed by atoms with Crippen LogP contribution in [0.4, 0.5) is 5.82 Å². The second-order valence-electron chi connectivity index (χ2n) is 11.1. The molecule has 2 aromatic rings. The number of nitrogens with zero attached hydrogens (tertiary/aromatic N) is 3. The molecule has 0 saturated carbocycles. The average molecular weight is 536 g/mol. The molecule has 3 N–H and O–H groups in total. The molecule has 2 fully saturated rings. The van der Waals surface area contributed by atoms with Crippen LogP contribution < -0.4 is 10.6 Å². The minimum atomic E-state index is -0.988. The first kappa shape index (κ1) is 27.6. The highest BCUT2D eigenvalue weighted by Crippen LogP contribution is 2.24. The first-order valence-corrected chi connectivity index (χ1v) is 14.4. The molecule has 1 aromatic carbocycles. The minimum absolute atomic E-state index is 0.272. The van der Waals surface area contributed by atoms with Gasteiger partial charge in [-0.05, 0) is 68.2 Å². The van der Waals surface area contributed by atoms with Crippen molar-refractivity contribution in [3.63, 3.8) is 0 Å². The largest absolute Gasteiger partial charge is 0.480 e. The quantitative estimate of drug-likeness (QED) is 0.403. The van der Waals surface area contributed by atoms with Gasteiger partial charge in [-0.2, -0.15) is 0 Å². The van der Waals surface area contributed by atoms with Gasteiger partial charge in [-0.25, -0.2) is 9.78 Å². The number of rotatable bonds is 11. The number of benzene rings is 1. The Morgan fingerprint density at radius 3 is 2.90 bits per heavy atom. The van der Waals surface area contributed by atoms with Crippen LogP contribution in [-0.4, -0.2) is 89.8 Å². The van der Waals surface area contributed by atoms with E-state index in [1.165, 1.54) is 12.0 Å². The summed E-state index contributed by atoms with van der Waals surface area (Å²) >= 11 is 0. The van der Waals surface area contributed by atoms with Gasteiger partial charge < -0.3 is 25.4 Å². The van der Waals surface area contributed by atoms with Gasteiger partial charge in [-0.1, -0.05) is 36.4 Å². The summed E-state index contributed by atoms with van der Waals surface area (Å²) in [6.45, 7) is 5.69. The number of ether oxygens (including phenoxy) is 1. The topological polar surface area (TPSA) is 107 Å². The van der Waals surface area contributed by atoms with Crippen molar-refractivity contribution in [3.05, 3.63) is 59.3 Å². The Morgan fingerprint density at radius 2 is 2.05 bits per heavy atom. The van der Waals surface area contributed by atoms with E-state index in [4.69, 9.17) is 9.72 Å². The van der Waals surface area contributed by atoms with E-state index in [1.807, 2.05) is 30.3 Å². The number of aryl methyl sites for hydroxylation is 2. The predicted molar refractivity (Wildman–Crippen MR) is 150 cm³/mol. The lowest BCUT2D eigenvalue weighted by molar-refractivity contribution is -0.144. The smallest absolute Gasteiger partial charge is 0.326 e. The fraction of sp³-hybridized carbons (Fsp3) is 0.567. The zero-order valence-electron chi connectivity index (χ0n) is 22.7. The maximum atomic E-state index is 13.2. The van der Waals surface area contributed by atoms with Crippen molar-refractivity contribution < 1.29 is 19.4 Å². The molecule has 1 aromatic heterocycles. The summed E-state index contributed by atoms with van der Waals surface area (Å²) in [7, 11) is 0. The lowest BCUT2D eigenvalue weighted by Crippen LogP contribution is -2.56. The molecule has 4 heterocycles. The number of fused-ring (bicyclic) bond motifs is 1. The number of hydrogen-bond donors (Lipinski definition) is 3. The number of aromatic nitrogens is 1. The van der Waals surface area contributed by atoms with E-state index in [0.29, 0.717) is 38.6 Å². The second kappa shape index (κ2) is 13.4. The maximum absolute atomic E-state index is 13.2. The van der Waals surface area contributed by atoms with Crippen molar-refractivity contribution in [3.8, 4) is 0 Å². The standard InChI is InChI=1S/C30H41N5O4/c36-29(27-21-39-18-17-35(27)20-22-5-2-1-3-6-22)33-26(30(37)38)13-16-34-15-12-23(19-34)8-10-25-11-9-24-7-4-14-31-28(24)32-25/h1-3,5-6,9,11,23,26-27H,4,7-8,10,12-21H2,(H,31,32)(H,33,36)(H,37,38)/t23-,26?,27+/m1/s1. The normalized spacial score (nSPS) is 22.6. The van der Waals surface area contributed by atoms with Gasteiger partial charge in [0.2, 0.25) is 5.91 Å². The van der Waals surface area contributed by atoms with Crippen LogP contribution >= 0.6 is 0 Å². The Hall–Kier alpha value is -3.01. The van der Waals surface area contributed by atoms with Crippen LogP contribution in [0.15, 0.2) is 42.5 Å². The summed E-state index contributed by atoms with van der Waals surface area (Å²) < 4.78 is 5.58. The number of hydrogen-bond acceptors (Lipinski definition) is 7. The molecule has 210 valence electrons. The van der Waals surface area contributed by atoms with Crippen LogP contribution in [0.25, 0.3) is 0 Å². The lowest BCUT2D eigenvalue weighted by Gasteiger charge is -2.35. The zero-order valence-corrected chi connectivity index (χ0v) is 22.7. The first-order chi connectivity index (χ1) is 19.0. The van der Waals surface area contributed by atoms with Crippen LogP contribution in [0, 0.1) is 5.92 Å². The van der Waals surface area contributed by atoms with Crippen molar-refractivity contribution in [2.75, 3.05) is 51.3 Å². The van der Waals surface area contributed by atoms with Crippen LogP contribution in [0.1, 0.15) is 42.5 Å². The highest BCUT2D eigenvalue weighted by molar-refractivity contribution is 5.87. The minimum Gasteiger partial charge on any atom is -0.480 e. The van der Waals surface area contributed by atoms with Crippen LogP contribution in [-0.2, 0) is 33.7 Å². The molecular weight excluding hydrogens is 494 g/mol. The van der Waals surface area contributed by atoms with E-state index in [0.717, 1.165) is 62.4 Å². The number of nitrogens with one attached hydrogen (secondary N) is 2. The molecule has 0 aliphatic carbocycles. The van der Waals surface area contributed by atoms with E-state index in [1.54, 1.807) is 0 Å². The van der Waals surface area contributed by atoms with Crippen molar-refractivity contribution in [1.82, 2.24) is 20.1 Å². The highest BCUT2D eigenvalue weighted by atomic mass is 16.5. The van der Waals surface area contributed by atoms with E-state index in [-0.39, 0.29) is 12.5 Å². The monoisotopic (exact) mass is 535 g/mol. The summed E-state index contributed by atoms with van der Waals surface area (Å²) in [6.07, 6.45) is 5.81. The zero-order chi connectivity index (χ0) is 27.0. The summed E-state index contributed by atoms with van der Waals surface area (Å²) in [5.74, 6) is 0.373. The molecule has 3 atom stereocenters. The molecule has 5 rings (SSSR count). The molecule has 0 bridgehead atoms. The molecule has 1 amide bonds. The number of anilines is 1. The fourth-order valence-corrected chi connectivity index (χ4v) is 5.94. The molecule has 1 unspecified atom stereocenters. The Bertz CT molecular complexity index is 1110. The summed E-state index contributed by atoms with van der Waals surface area (Å²) in [5.41, 5.74) is 3.58. The Kier molecular flexibility index (Phi) is 9.44. The molecular formula is C30H41N5O4. The van der Waals surface area contributed by atoms with E-state index in [9.17, 15) is 14.7 Å². The molecule has 9 nitrogen and oxygen atoms in total. The number of carbonyl (C=O) groups is 2. The van der Waals surface area contributed by atoms with Crippen molar-refractivity contribution >= 4 is 17.7 Å². The van der Waals surface area contributed by atoms with Crippen LogP contribution in [0.2, 0.25) is 0 Å². The molecule has 2 saturated heterocycles. The van der Waals surface area contributed by atoms with Gasteiger partial charge in [-0.3, -0.25) is 9.69 Å². The van der Waals surface area contributed by atoms with E-state index in [2.05, 4.69) is 32.6 Å². The lowest BCUT2D eigenvalue weighted by atomic mass is 10.00. The third-order valence-electron chi connectivity index (χ3n) is 8.25. The van der Waals surface area contributed by atoms with Crippen LogP contribution in [0.5, 0.6) is 0 Å². The summed E-state index contributed by atoms with van der Waals surface area (Å²) in [4.78, 5) is 34.4. The van der Waals surface area contributed by atoms with Crippen molar-refractivity contribution in [1.29, 1.82) is 0 Å². The first-order valence-electron chi connectivity index (χ1n) is 14.4. The number of carboxylic acids is 1. The Labute approximate surface area is 230 Å². The number of likely N-dealkylation sites (tertiary alicyclic amines) is 1. The average Bonchev–Trinajstić information content (AvgIpc) is 3.42. The van der Waals surface area contributed by atoms with Gasteiger partial charge >= 0.3 is 5.97 Å². The number of pyridine rings is 1. The van der Waals surface area contributed by atoms with Crippen LogP contribution in [0.3, 0.4) is 0 Å². The molecule has 0 radical (unpaired) electrons. The second-order valence-corrected chi connectivity index (χ2v) is 11.1. The number of carboxylic acid groups (broad SMARTS) is 1. The maximum Gasteiger partial charge on any atom is 0.326 e.